The van der Waals surface area contributed by atoms with Crippen LogP contribution in [0.15, 0.2) is 18.2 Å². The summed E-state index contributed by atoms with van der Waals surface area (Å²) in [6.45, 7) is 2.36. The number of carbonyl (C=O) groups excluding carboxylic acids is 1. The average Bonchev–Trinajstić information content (AvgIpc) is 2.51. The third-order valence-corrected chi connectivity index (χ3v) is 5.10. The molecule has 5 heteroatoms. The highest BCUT2D eigenvalue weighted by atomic mass is 19.1. The topological polar surface area (TPSA) is 33.5 Å². The summed E-state index contributed by atoms with van der Waals surface area (Å²) in [5, 5.41) is 2.50. The summed E-state index contributed by atoms with van der Waals surface area (Å²) in [7, 11) is 0. The van der Waals surface area contributed by atoms with E-state index < -0.39 is 11.6 Å². The van der Waals surface area contributed by atoms with Crippen LogP contribution in [-0.2, 0) is 4.79 Å². The standard InChI is InChI=1S/C17H22F2N2O/c18-14-5-6-15(19)16(9-14)20-17(22)11-21-8-7-12-3-1-2-4-13(12)10-21/h5-6,9,12-13H,1-4,7-8,10-11H2,(H,20,22)/p+1/t12-,13-/m1/s1. The van der Waals surface area contributed by atoms with Crippen LogP contribution in [0.3, 0.4) is 0 Å². The zero-order valence-corrected chi connectivity index (χ0v) is 12.7. The van der Waals surface area contributed by atoms with Crippen LogP contribution in [0, 0.1) is 23.5 Å². The zero-order valence-electron chi connectivity index (χ0n) is 12.7. The highest BCUT2D eigenvalue weighted by molar-refractivity contribution is 5.91. The van der Waals surface area contributed by atoms with Gasteiger partial charge < -0.3 is 10.2 Å². The van der Waals surface area contributed by atoms with Gasteiger partial charge in [0.15, 0.2) is 6.54 Å². The molecule has 22 heavy (non-hydrogen) atoms. The van der Waals surface area contributed by atoms with Crippen LogP contribution in [0.5, 0.6) is 0 Å². The molecule has 3 atom stereocenters. The summed E-state index contributed by atoms with van der Waals surface area (Å²) < 4.78 is 26.7. The molecule has 1 amide bonds. The van der Waals surface area contributed by atoms with Crippen molar-refractivity contribution in [3.05, 3.63) is 29.8 Å². The number of benzene rings is 1. The molecule has 1 aliphatic carbocycles. The fourth-order valence-electron chi connectivity index (χ4n) is 3.97. The smallest absolute Gasteiger partial charge is 0.279 e. The molecule has 0 aromatic heterocycles. The Morgan fingerprint density at radius 3 is 2.77 bits per heavy atom. The summed E-state index contributed by atoms with van der Waals surface area (Å²) in [5.41, 5.74) is -0.0723. The van der Waals surface area contributed by atoms with Gasteiger partial charge in [0, 0.05) is 12.0 Å². The second kappa shape index (κ2) is 6.73. The lowest BCUT2D eigenvalue weighted by Gasteiger charge is -2.38. The Balaban J connectivity index is 1.54. The first kappa shape index (κ1) is 15.4. The van der Waals surface area contributed by atoms with Gasteiger partial charge in [-0.1, -0.05) is 12.8 Å². The van der Waals surface area contributed by atoms with E-state index in [9.17, 15) is 13.6 Å². The summed E-state index contributed by atoms with van der Waals surface area (Å²) >= 11 is 0. The molecule has 1 aromatic rings. The first-order valence-corrected chi connectivity index (χ1v) is 8.20. The highest BCUT2D eigenvalue weighted by Gasteiger charge is 2.34. The van der Waals surface area contributed by atoms with Gasteiger partial charge in [0.25, 0.3) is 5.91 Å². The van der Waals surface area contributed by atoms with E-state index in [2.05, 4.69) is 5.32 Å². The van der Waals surface area contributed by atoms with Gasteiger partial charge in [-0.05, 0) is 37.3 Å². The molecule has 2 fully saturated rings. The number of nitrogens with one attached hydrogen (secondary N) is 2. The third-order valence-electron chi connectivity index (χ3n) is 5.10. The number of rotatable bonds is 3. The lowest BCUT2D eigenvalue weighted by Crippen LogP contribution is -3.15. The number of amides is 1. The van der Waals surface area contributed by atoms with Crippen LogP contribution in [0.2, 0.25) is 0 Å². The van der Waals surface area contributed by atoms with Gasteiger partial charge in [-0.25, -0.2) is 8.78 Å². The first-order valence-electron chi connectivity index (χ1n) is 8.20. The number of likely N-dealkylation sites (tertiary alicyclic amines) is 1. The van der Waals surface area contributed by atoms with Crippen molar-refractivity contribution in [3.8, 4) is 0 Å². The highest BCUT2D eigenvalue weighted by Crippen LogP contribution is 2.32. The molecule has 0 radical (unpaired) electrons. The minimum Gasteiger partial charge on any atom is -0.327 e. The molecule has 2 N–H and O–H groups in total. The van der Waals surface area contributed by atoms with E-state index in [-0.39, 0.29) is 11.6 Å². The predicted octanol–water partition coefficient (Wildman–Crippen LogP) is 2.00. The molecule has 3 rings (SSSR count). The van der Waals surface area contributed by atoms with Crippen molar-refractivity contribution in [2.24, 2.45) is 11.8 Å². The van der Waals surface area contributed by atoms with Gasteiger partial charge in [0.1, 0.15) is 11.6 Å². The Labute approximate surface area is 129 Å². The quantitative estimate of drug-likeness (QED) is 0.880. The molecule has 1 saturated carbocycles. The number of hydrogen-bond acceptors (Lipinski definition) is 1. The lowest BCUT2D eigenvalue weighted by atomic mass is 9.75. The van der Waals surface area contributed by atoms with Gasteiger partial charge in [-0.3, -0.25) is 4.79 Å². The number of fused-ring (bicyclic) bond motifs is 1. The molecule has 1 aromatic carbocycles. The Bertz CT molecular complexity index is 549. The van der Waals surface area contributed by atoms with E-state index in [1.807, 2.05) is 0 Å². The van der Waals surface area contributed by atoms with Crippen molar-refractivity contribution >= 4 is 11.6 Å². The maximum absolute atomic E-state index is 13.5. The Morgan fingerprint density at radius 2 is 1.95 bits per heavy atom. The van der Waals surface area contributed by atoms with Crippen LogP contribution in [0.25, 0.3) is 0 Å². The van der Waals surface area contributed by atoms with Gasteiger partial charge >= 0.3 is 0 Å². The van der Waals surface area contributed by atoms with Crippen LogP contribution in [-0.4, -0.2) is 25.5 Å². The second-order valence-electron chi connectivity index (χ2n) is 6.65. The number of hydrogen-bond donors (Lipinski definition) is 2. The molecular formula is C17H23F2N2O+. The number of quaternary nitrogens is 1. The predicted molar refractivity (Wildman–Crippen MR) is 80.6 cm³/mol. The van der Waals surface area contributed by atoms with Gasteiger partial charge in [-0.2, -0.15) is 0 Å². The van der Waals surface area contributed by atoms with Crippen molar-refractivity contribution in [2.45, 2.75) is 32.1 Å². The fourth-order valence-corrected chi connectivity index (χ4v) is 3.97. The fraction of sp³-hybridized carbons (Fsp3) is 0.588. The van der Waals surface area contributed by atoms with Crippen molar-refractivity contribution in [1.29, 1.82) is 0 Å². The molecule has 1 saturated heterocycles. The molecule has 0 bridgehead atoms. The maximum Gasteiger partial charge on any atom is 0.279 e. The minimum absolute atomic E-state index is 0.0723. The van der Waals surface area contributed by atoms with Crippen LogP contribution in [0.4, 0.5) is 14.5 Å². The SMILES string of the molecule is O=C(C[NH+]1CC[C@H]2CCCC[C@@H]2C1)Nc1cc(F)ccc1F. The Hall–Kier alpha value is -1.49. The molecule has 0 spiro atoms. The average molecular weight is 309 g/mol. The summed E-state index contributed by atoms with van der Waals surface area (Å²) in [5.74, 6) is 0.175. The maximum atomic E-state index is 13.5. The van der Waals surface area contributed by atoms with E-state index in [1.54, 1.807) is 0 Å². The van der Waals surface area contributed by atoms with Gasteiger partial charge in [-0.15, -0.1) is 0 Å². The number of piperidine rings is 1. The van der Waals surface area contributed by atoms with E-state index in [0.717, 1.165) is 43.1 Å². The number of anilines is 1. The molecule has 1 unspecified atom stereocenters. The third kappa shape index (κ3) is 3.64. The first-order chi connectivity index (χ1) is 10.6. The molecule has 1 heterocycles. The number of carbonyl (C=O) groups is 1. The number of halogens is 2. The Kier molecular flexibility index (Phi) is 4.71. The summed E-state index contributed by atoms with van der Waals surface area (Å²) in [6, 6.07) is 3.10. The normalized spacial score (nSPS) is 28.0. The second-order valence-corrected chi connectivity index (χ2v) is 6.65. The van der Waals surface area contributed by atoms with Crippen molar-refractivity contribution in [1.82, 2.24) is 0 Å². The Morgan fingerprint density at radius 1 is 1.18 bits per heavy atom. The van der Waals surface area contributed by atoms with E-state index in [0.29, 0.717) is 6.54 Å². The minimum atomic E-state index is -0.601. The largest absolute Gasteiger partial charge is 0.327 e. The van der Waals surface area contributed by atoms with E-state index in [4.69, 9.17) is 0 Å². The molecule has 120 valence electrons. The van der Waals surface area contributed by atoms with Gasteiger partial charge in [0.2, 0.25) is 0 Å². The van der Waals surface area contributed by atoms with Crippen molar-refractivity contribution < 1.29 is 18.5 Å². The van der Waals surface area contributed by atoms with Crippen molar-refractivity contribution in [2.75, 3.05) is 25.0 Å². The van der Waals surface area contributed by atoms with Crippen molar-refractivity contribution in [3.63, 3.8) is 0 Å². The summed E-state index contributed by atoms with van der Waals surface area (Å²) in [6.07, 6.45) is 6.43. The monoisotopic (exact) mass is 309 g/mol. The van der Waals surface area contributed by atoms with E-state index >= 15 is 0 Å². The van der Waals surface area contributed by atoms with Crippen LogP contribution in [0.1, 0.15) is 32.1 Å². The zero-order chi connectivity index (χ0) is 15.5. The summed E-state index contributed by atoms with van der Waals surface area (Å²) in [4.78, 5) is 13.3. The van der Waals surface area contributed by atoms with Crippen LogP contribution < -0.4 is 10.2 Å². The van der Waals surface area contributed by atoms with E-state index in [1.165, 1.54) is 37.0 Å². The molecule has 1 aliphatic heterocycles. The van der Waals surface area contributed by atoms with Gasteiger partial charge in [0.05, 0.1) is 18.8 Å². The molecular weight excluding hydrogens is 286 g/mol. The van der Waals surface area contributed by atoms with Crippen LogP contribution >= 0.6 is 0 Å². The lowest BCUT2D eigenvalue weighted by molar-refractivity contribution is -0.902. The molecule has 3 nitrogen and oxygen atoms in total. The molecule has 2 aliphatic rings.